The first kappa shape index (κ1) is 17.7. The Kier molecular flexibility index (Phi) is 7.45. The zero-order chi connectivity index (χ0) is 15.7. The third-order valence-corrected chi connectivity index (χ3v) is 2.58. The van der Waals surface area contributed by atoms with E-state index >= 15 is 0 Å². The fourth-order valence-electron chi connectivity index (χ4n) is 1.31. The van der Waals surface area contributed by atoms with Gasteiger partial charge in [0.05, 0.1) is 13.2 Å². The maximum Gasteiger partial charge on any atom is 0.407 e. The second-order valence-corrected chi connectivity index (χ2v) is 6.12. The van der Waals surface area contributed by atoms with E-state index in [9.17, 15) is 4.79 Å². The molecule has 1 heterocycles. The first-order valence-corrected chi connectivity index (χ1v) is 7.45. The Bertz CT molecular complexity index is 449. The lowest BCUT2D eigenvalue weighted by molar-refractivity contribution is 0.0488. The van der Waals surface area contributed by atoms with Crippen molar-refractivity contribution in [2.45, 2.75) is 26.4 Å². The number of ether oxygens (including phenoxy) is 3. The van der Waals surface area contributed by atoms with E-state index in [1.165, 1.54) is 0 Å². The topological polar surface area (TPSA) is 69.7 Å². The van der Waals surface area contributed by atoms with Gasteiger partial charge in [-0.15, -0.1) is 0 Å². The minimum Gasteiger partial charge on any atom is -0.475 e. The second kappa shape index (κ2) is 8.84. The van der Waals surface area contributed by atoms with Crippen LogP contribution in [0.5, 0.6) is 5.88 Å². The fourth-order valence-corrected chi connectivity index (χ4v) is 1.62. The van der Waals surface area contributed by atoms with Crippen LogP contribution in [0.3, 0.4) is 0 Å². The summed E-state index contributed by atoms with van der Waals surface area (Å²) in [4.78, 5) is 15.4. The Morgan fingerprint density at radius 2 is 2.10 bits per heavy atom. The molecular weight excluding hydrogens is 340 g/mol. The molecule has 0 aliphatic carbocycles. The van der Waals surface area contributed by atoms with Crippen LogP contribution in [0.1, 0.15) is 20.8 Å². The molecule has 0 aliphatic heterocycles. The van der Waals surface area contributed by atoms with Crippen molar-refractivity contribution in [2.24, 2.45) is 0 Å². The lowest BCUT2D eigenvalue weighted by Crippen LogP contribution is -2.34. The average Bonchev–Trinajstić information content (AvgIpc) is 2.35. The molecule has 6 nitrogen and oxygen atoms in total. The van der Waals surface area contributed by atoms with Crippen LogP contribution in [0, 0.1) is 0 Å². The van der Waals surface area contributed by atoms with E-state index in [1.807, 2.05) is 26.8 Å². The van der Waals surface area contributed by atoms with Gasteiger partial charge in [-0.05, 0) is 26.8 Å². The Balaban J connectivity index is 2.01. The van der Waals surface area contributed by atoms with Crippen LogP contribution in [-0.4, -0.2) is 43.0 Å². The standard InChI is InChI=1S/C14H21BrN2O4/c1-14(2,3)21-13(18)17-6-7-19-8-9-20-12-10-11(15)4-5-16-12/h4-5,10H,6-9H2,1-3H3,(H,17,18). The molecule has 7 heteroatoms. The molecule has 0 bridgehead atoms. The van der Waals surface area contributed by atoms with Gasteiger partial charge in [0, 0.05) is 23.3 Å². The highest BCUT2D eigenvalue weighted by Gasteiger charge is 2.15. The van der Waals surface area contributed by atoms with Gasteiger partial charge in [0.25, 0.3) is 0 Å². The van der Waals surface area contributed by atoms with Crippen LogP contribution in [0.2, 0.25) is 0 Å². The van der Waals surface area contributed by atoms with E-state index in [0.717, 1.165) is 4.47 Å². The van der Waals surface area contributed by atoms with E-state index in [1.54, 1.807) is 12.3 Å². The molecule has 118 valence electrons. The fraction of sp³-hybridized carbons (Fsp3) is 0.571. The van der Waals surface area contributed by atoms with E-state index in [4.69, 9.17) is 14.2 Å². The van der Waals surface area contributed by atoms with Gasteiger partial charge in [-0.1, -0.05) is 15.9 Å². The highest BCUT2D eigenvalue weighted by molar-refractivity contribution is 9.10. The molecule has 0 aromatic carbocycles. The summed E-state index contributed by atoms with van der Waals surface area (Å²) in [6.07, 6.45) is 1.21. The van der Waals surface area contributed by atoms with Crippen molar-refractivity contribution < 1.29 is 19.0 Å². The first-order chi connectivity index (χ1) is 9.87. The van der Waals surface area contributed by atoms with Crippen LogP contribution < -0.4 is 10.1 Å². The largest absolute Gasteiger partial charge is 0.475 e. The molecule has 1 aromatic heterocycles. The summed E-state index contributed by atoms with van der Waals surface area (Å²) in [6.45, 7) is 7.06. The number of pyridine rings is 1. The van der Waals surface area contributed by atoms with Gasteiger partial charge in [-0.2, -0.15) is 0 Å². The van der Waals surface area contributed by atoms with Crippen molar-refractivity contribution in [1.82, 2.24) is 10.3 Å². The number of hydrogen-bond acceptors (Lipinski definition) is 5. The normalized spacial score (nSPS) is 11.0. The van der Waals surface area contributed by atoms with Crippen LogP contribution in [0.15, 0.2) is 22.8 Å². The molecule has 21 heavy (non-hydrogen) atoms. The molecule has 0 radical (unpaired) electrons. The molecule has 0 atom stereocenters. The number of aromatic nitrogens is 1. The highest BCUT2D eigenvalue weighted by atomic mass is 79.9. The maximum atomic E-state index is 11.3. The SMILES string of the molecule is CC(C)(C)OC(=O)NCCOCCOc1cc(Br)ccn1. The number of nitrogens with one attached hydrogen (secondary N) is 1. The summed E-state index contributed by atoms with van der Waals surface area (Å²) in [7, 11) is 0. The molecule has 0 saturated carbocycles. The van der Waals surface area contributed by atoms with Gasteiger partial charge >= 0.3 is 6.09 Å². The number of carbonyl (C=O) groups is 1. The Morgan fingerprint density at radius 3 is 2.76 bits per heavy atom. The summed E-state index contributed by atoms with van der Waals surface area (Å²) in [5, 5.41) is 2.61. The Labute approximate surface area is 133 Å². The van der Waals surface area contributed by atoms with Crippen LogP contribution in [0.25, 0.3) is 0 Å². The van der Waals surface area contributed by atoms with Crippen LogP contribution in [0.4, 0.5) is 4.79 Å². The lowest BCUT2D eigenvalue weighted by Gasteiger charge is -2.19. The number of carbonyl (C=O) groups excluding carboxylic acids is 1. The van der Waals surface area contributed by atoms with Crippen molar-refractivity contribution in [3.05, 3.63) is 22.8 Å². The number of rotatable bonds is 7. The van der Waals surface area contributed by atoms with Gasteiger partial charge in [-0.25, -0.2) is 9.78 Å². The summed E-state index contributed by atoms with van der Waals surface area (Å²) in [5.41, 5.74) is -0.490. The zero-order valence-corrected chi connectivity index (χ0v) is 14.1. The van der Waals surface area contributed by atoms with Crippen molar-refractivity contribution in [3.8, 4) is 5.88 Å². The molecule has 0 fully saturated rings. The first-order valence-electron chi connectivity index (χ1n) is 6.66. The minimum atomic E-state index is -0.490. The predicted molar refractivity (Wildman–Crippen MR) is 82.5 cm³/mol. The Hall–Kier alpha value is -1.34. The monoisotopic (exact) mass is 360 g/mol. The van der Waals surface area contributed by atoms with E-state index in [-0.39, 0.29) is 0 Å². The highest BCUT2D eigenvalue weighted by Crippen LogP contribution is 2.14. The van der Waals surface area contributed by atoms with Gasteiger partial charge in [-0.3, -0.25) is 0 Å². The number of halogens is 1. The summed E-state index contributed by atoms with van der Waals surface area (Å²) < 4.78 is 16.7. The molecule has 1 aromatic rings. The molecule has 0 spiro atoms. The van der Waals surface area contributed by atoms with Crippen molar-refractivity contribution >= 4 is 22.0 Å². The summed E-state index contributed by atoms with van der Waals surface area (Å²) >= 11 is 3.34. The van der Waals surface area contributed by atoms with E-state index in [0.29, 0.717) is 32.2 Å². The van der Waals surface area contributed by atoms with Crippen molar-refractivity contribution in [2.75, 3.05) is 26.4 Å². The lowest BCUT2D eigenvalue weighted by atomic mass is 10.2. The quantitative estimate of drug-likeness (QED) is 0.757. The minimum absolute atomic E-state index is 0.393. The van der Waals surface area contributed by atoms with Gasteiger partial charge in [0.1, 0.15) is 12.2 Å². The molecule has 0 unspecified atom stereocenters. The number of hydrogen-bond donors (Lipinski definition) is 1. The molecular formula is C14H21BrN2O4. The predicted octanol–water partition coefficient (Wildman–Crippen LogP) is 2.76. The van der Waals surface area contributed by atoms with Crippen molar-refractivity contribution in [1.29, 1.82) is 0 Å². The number of alkyl carbamates (subject to hydrolysis) is 1. The number of nitrogens with zero attached hydrogens (tertiary/aromatic N) is 1. The Morgan fingerprint density at radius 1 is 1.33 bits per heavy atom. The van der Waals surface area contributed by atoms with Gasteiger partial charge in [0.15, 0.2) is 0 Å². The molecule has 1 amide bonds. The zero-order valence-electron chi connectivity index (χ0n) is 12.5. The van der Waals surface area contributed by atoms with Gasteiger partial charge < -0.3 is 19.5 Å². The molecule has 0 aliphatic rings. The molecule has 1 N–H and O–H groups in total. The maximum absolute atomic E-state index is 11.3. The third-order valence-electron chi connectivity index (χ3n) is 2.09. The number of amides is 1. The molecule has 1 rings (SSSR count). The van der Waals surface area contributed by atoms with E-state index < -0.39 is 11.7 Å². The third kappa shape index (κ3) is 9.25. The molecule has 0 saturated heterocycles. The summed E-state index contributed by atoms with van der Waals surface area (Å²) in [5.74, 6) is 0.542. The van der Waals surface area contributed by atoms with Gasteiger partial charge in [0.2, 0.25) is 5.88 Å². The summed E-state index contributed by atoms with van der Waals surface area (Å²) in [6, 6.07) is 3.61. The second-order valence-electron chi connectivity index (χ2n) is 5.20. The van der Waals surface area contributed by atoms with Crippen LogP contribution in [-0.2, 0) is 9.47 Å². The van der Waals surface area contributed by atoms with Crippen molar-refractivity contribution in [3.63, 3.8) is 0 Å². The van der Waals surface area contributed by atoms with E-state index in [2.05, 4.69) is 26.2 Å². The van der Waals surface area contributed by atoms with Crippen LogP contribution >= 0.6 is 15.9 Å². The smallest absolute Gasteiger partial charge is 0.407 e. The average molecular weight is 361 g/mol.